The molecule has 0 amide bonds. The number of anilines is 1. The van der Waals surface area contributed by atoms with Crippen LogP contribution >= 0.6 is 0 Å². The summed E-state index contributed by atoms with van der Waals surface area (Å²) in [6.07, 6.45) is 0. The van der Waals surface area contributed by atoms with Gasteiger partial charge in [0.15, 0.2) is 5.58 Å². The van der Waals surface area contributed by atoms with Gasteiger partial charge in [0, 0.05) is 11.3 Å². The quantitative estimate of drug-likeness (QED) is 0.731. The second-order valence-electron chi connectivity index (χ2n) is 4.38. The van der Waals surface area contributed by atoms with Crippen LogP contribution in [0.15, 0.2) is 45.6 Å². The van der Waals surface area contributed by atoms with E-state index in [2.05, 4.69) is 0 Å². The van der Waals surface area contributed by atoms with Gasteiger partial charge in [0.1, 0.15) is 11.6 Å². The van der Waals surface area contributed by atoms with E-state index in [1.807, 2.05) is 0 Å². The van der Waals surface area contributed by atoms with Crippen LogP contribution in [-0.2, 0) is 6.54 Å². The first kappa shape index (κ1) is 12.4. The second-order valence-corrected chi connectivity index (χ2v) is 4.38. The molecule has 1 heterocycles. The molecule has 6 heteroatoms. The largest absolute Gasteiger partial charge is 0.420 e. The highest BCUT2D eigenvalue weighted by Crippen LogP contribution is 2.19. The number of oxazole rings is 1. The van der Waals surface area contributed by atoms with E-state index in [-0.39, 0.29) is 12.1 Å². The molecular formula is C14H10F2N2O2. The molecule has 0 saturated carbocycles. The van der Waals surface area contributed by atoms with Crippen LogP contribution in [-0.4, -0.2) is 4.57 Å². The molecule has 3 aromatic rings. The van der Waals surface area contributed by atoms with Crippen molar-refractivity contribution >= 4 is 16.8 Å². The summed E-state index contributed by atoms with van der Waals surface area (Å²) in [5, 5.41) is 0. The van der Waals surface area contributed by atoms with E-state index in [0.29, 0.717) is 16.8 Å². The van der Waals surface area contributed by atoms with Gasteiger partial charge < -0.3 is 10.2 Å². The summed E-state index contributed by atoms with van der Waals surface area (Å²) < 4.78 is 33.4. The van der Waals surface area contributed by atoms with Gasteiger partial charge in [-0.05, 0) is 30.3 Å². The molecule has 0 unspecified atom stereocenters. The minimum atomic E-state index is -0.713. The Labute approximate surface area is 112 Å². The maximum Gasteiger partial charge on any atom is 0.420 e. The zero-order valence-corrected chi connectivity index (χ0v) is 10.3. The van der Waals surface area contributed by atoms with Crippen molar-refractivity contribution in [1.82, 2.24) is 4.57 Å². The van der Waals surface area contributed by atoms with Crippen LogP contribution in [0.3, 0.4) is 0 Å². The molecule has 20 heavy (non-hydrogen) atoms. The third-order valence-electron chi connectivity index (χ3n) is 3.07. The summed E-state index contributed by atoms with van der Waals surface area (Å²) in [5.41, 5.74) is 6.61. The van der Waals surface area contributed by atoms with Gasteiger partial charge >= 0.3 is 5.76 Å². The Balaban J connectivity index is 2.18. The third kappa shape index (κ3) is 1.95. The summed E-state index contributed by atoms with van der Waals surface area (Å²) in [6, 6.07) is 8.20. The van der Waals surface area contributed by atoms with Crippen molar-refractivity contribution in [3.05, 3.63) is 64.1 Å². The fourth-order valence-electron chi connectivity index (χ4n) is 2.07. The lowest BCUT2D eigenvalue weighted by molar-refractivity contribution is 0.500. The highest BCUT2D eigenvalue weighted by atomic mass is 19.1. The molecule has 2 N–H and O–H groups in total. The number of aromatic nitrogens is 1. The SMILES string of the molecule is Nc1ccc2oc(=O)n(Cc3c(F)cccc3F)c2c1. The van der Waals surface area contributed by atoms with Crippen LogP contribution in [0.4, 0.5) is 14.5 Å². The fraction of sp³-hybridized carbons (Fsp3) is 0.0714. The highest BCUT2D eigenvalue weighted by molar-refractivity contribution is 5.77. The molecule has 4 nitrogen and oxygen atoms in total. The molecule has 0 aliphatic carbocycles. The number of benzene rings is 2. The zero-order valence-electron chi connectivity index (χ0n) is 10.3. The van der Waals surface area contributed by atoms with Gasteiger partial charge in [0.05, 0.1) is 12.1 Å². The van der Waals surface area contributed by atoms with E-state index in [0.717, 1.165) is 16.7 Å². The predicted molar refractivity (Wildman–Crippen MR) is 70.3 cm³/mol. The third-order valence-corrected chi connectivity index (χ3v) is 3.07. The van der Waals surface area contributed by atoms with Gasteiger partial charge in [0.2, 0.25) is 0 Å². The first-order chi connectivity index (χ1) is 9.56. The van der Waals surface area contributed by atoms with Crippen molar-refractivity contribution < 1.29 is 13.2 Å². The van der Waals surface area contributed by atoms with Gasteiger partial charge in [-0.15, -0.1) is 0 Å². The van der Waals surface area contributed by atoms with Crippen LogP contribution < -0.4 is 11.5 Å². The molecule has 0 bridgehead atoms. The maximum atomic E-state index is 13.6. The van der Waals surface area contributed by atoms with E-state index in [9.17, 15) is 13.6 Å². The van der Waals surface area contributed by atoms with Crippen molar-refractivity contribution in [3.8, 4) is 0 Å². The summed E-state index contributed by atoms with van der Waals surface area (Å²) in [4.78, 5) is 11.8. The lowest BCUT2D eigenvalue weighted by Gasteiger charge is -2.05. The lowest BCUT2D eigenvalue weighted by atomic mass is 10.2. The van der Waals surface area contributed by atoms with Gasteiger partial charge in [-0.1, -0.05) is 6.07 Å². The summed E-state index contributed by atoms with van der Waals surface area (Å²) in [7, 11) is 0. The highest BCUT2D eigenvalue weighted by Gasteiger charge is 2.14. The van der Waals surface area contributed by atoms with Gasteiger partial charge in [-0.2, -0.15) is 0 Å². The van der Waals surface area contributed by atoms with Crippen LogP contribution in [0.25, 0.3) is 11.1 Å². The number of fused-ring (bicyclic) bond motifs is 1. The molecule has 102 valence electrons. The Morgan fingerprint density at radius 1 is 1.15 bits per heavy atom. The minimum absolute atomic E-state index is 0.195. The van der Waals surface area contributed by atoms with E-state index in [4.69, 9.17) is 10.2 Å². The van der Waals surface area contributed by atoms with E-state index < -0.39 is 17.4 Å². The zero-order chi connectivity index (χ0) is 14.3. The second kappa shape index (κ2) is 4.48. The molecule has 0 saturated heterocycles. The minimum Gasteiger partial charge on any atom is -0.408 e. The van der Waals surface area contributed by atoms with Crippen molar-refractivity contribution in [2.75, 3.05) is 5.73 Å². The summed E-state index contributed by atoms with van der Waals surface area (Å²) >= 11 is 0. The van der Waals surface area contributed by atoms with Crippen molar-refractivity contribution in [2.45, 2.75) is 6.54 Å². The Hall–Kier alpha value is -2.63. The van der Waals surface area contributed by atoms with Gasteiger partial charge in [0.25, 0.3) is 0 Å². The van der Waals surface area contributed by atoms with E-state index in [1.54, 1.807) is 12.1 Å². The number of hydrogen-bond donors (Lipinski definition) is 1. The molecule has 0 aliphatic heterocycles. The maximum absolute atomic E-state index is 13.6. The fourth-order valence-corrected chi connectivity index (χ4v) is 2.07. The first-order valence-electron chi connectivity index (χ1n) is 5.88. The molecule has 0 aliphatic rings. The molecule has 0 atom stereocenters. The van der Waals surface area contributed by atoms with Crippen LogP contribution in [0.1, 0.15) is 5.56 Å². The molecule has 0 radical (unpaired) electrons. The first-order valence-corrected chi connectivity index (χ1v) is 5.88. The molecule has 0 spiro atoms. The van der Waals surface area contributed by atoms with Gasteiger partial charge in [-0.25, -0.2) is 13.6 Å². The van der Waals surface area contributed by atoms with Crippen LogP contribution in [0.2, 0.25) is 0 Å². The van der Waals surface area contributed by atoms with E-state index in [1.165, 1.54) is 12.1 Å². The average molecular weight is 276 g/mol. The number of halogens is 2. The van der Waals surface area contributed by atoms with Crippen molar-refractivity contribution in [2.24, 2.45) is 0 Å². The smallest absolute Gasteiger partial charge is 0.408 e. The normalized spacial score (nSPS) is 11.1. The predicted octanol–water partition coefficient (Wildman–Crippen LogP) is 2.50. The Morgan fingerprint density at radius 2 is 1.85 bits per heavy atom. The average Bonchev–Trinajstić information content (AvgIpc) is 2.70. The van der Waals surface area contributed by atoms with Gasteiger partial charge in [-0.3, -0.25) is 4.57 Å². The van der Waals surface area contributed by atoms with Crippen molar-refractivity contribution in [3.63, 3.8) is 0 Å². The van der Waals surface area contributed by atoms with E-state index >= 15 is 0 Å². The Kier molecular flexibility index (Phi) is 2.78. The Bertz CT molecular complexity index is 832. The standard InChI is InChI=1S/C14H10F2N2O2/c15-10-2-1-3-11(16)9(10)7-18-12-6-8(17)4-5-13(12)20-14(18)19/h1-6H,7,17H2. The number of rotatable bonds is 2. The van der Waals surface area contributed by atoms with Crippen molar-refractivity contribution in [1.29, 1.82) is 0 Å². The Morgan fingerprint density at radius 3 is 2.55 bits per heavy atom. The molecule has 0 fully saturated rings. The number of nitrogens with zero attached hydrogens (tertiary/aromatic N) is 1. The number of nitrogen functional groups attached to an aromatic ring is 1. The van der Waals surface area contributed by atoms with Crippen LogP contribution in [0.5, 0.6) is 0 Å². The molecule has 1 aromatic heterocycles. The lowest BCUT2D eigenvalue weighted by Crippen LogP contribution is -2.16. The molecule has 2 aromatic carbocycles. The number of hydrogen-bond acceptors (Lipinski definition) is 3. The summed E-state index contributed by atoms with van der Waals surface area (Å²) in [6.45, 7) is -0.256. The molecular weight excluding hydrogens is 266 g/mol. The topological polar surface area (TPSA) is 61.2 Å². The summed E-state index contributed by atoms with van der Waals surface area (Å²) in [5.74, 6) is -2.11. The monoisotopic (exact) mass is 276 g/mol. The number of nitrogens with two attached hydrogens (primary N) is 1. The molecule has 3 rings (SSSR count). The van der Waals surface area contributed by atoms with Crippen LogP contribution in [0, 0.1) is 11.6 Å².